The molecule has 1 aliphatic rings. The molecule has 11 heteroatoms. The van der Waals surface area contributed by atoms with Crippen molar-refractivity contribution in [3.63, 3.8) is 0 Å². The van der Waals surface area contributed by atoms with Crippen LogP contribution in [0.3, 0.4) is 0 Å². The molecule has 0 aliphatic carbocycles. The Kier molecular flexibility index (Phi) is 6.76. The SMILES string of the molecule is COC(C)(C)CNC(=O)c1ccn2c(-c3nc(N[C@@H]4CNCC[C@H]4F)c(F)cc3F)cnc2c1. The van der Waals surface area contributed by atoms with Crippen LogP contribution in [0.4, 0.5) is 19.0 Å². The largest absolute Gasteiger partial charge is 0.377 e. The molecule has 4 rings (SSSR count). The number of fused-ring (bicyclic) bond motifs is 1. The highest BCUT2D eigenvalue weighted by molar-refractivity contribution is 5.95. The number of imidazole rings is 1. The van der Waals surface area contributed by atoms with Crippen LogP contribution in [0.25, 0.3) is 17.0 Å². The monoisotopic (exact) mass is 476 g/mol. The molecule has 4 heterocycles. The smallest absolute Gasteiger partial charge is 0.251 e. The number of carbonyl (C=O) groups excluding carboxylic acids is 1. The average Bonchev–Trinajstić information content (AvgIpc) is 3.23. The zero-order valence-corrected chi connectivity index (χ0v) is 19.2. The normalized spacial score (nSPS) is 18.8. The Hall–Kier alpha value is -3.18. The van der Waals surface area contributed by atoms with Gasteiger partial charge in [-0.25, -0.2) is 23.1 Å². The Bertz CT molecular complexity index is 1200. The number of hydrogen-bond donors (Lipinski definition) is 3. The fraction of sp³-hybridized carbons (Fsp3) is 0.435. The van der Waals surface area contributed by atoms with Crippen LogP contribution in [0.5, 0.6) is 0 Å². The number of methoxy groups -OCH3 is 1. The van der Waals surface area contributed by atoms with E-state index >= 15 is 0 Å². The van der Waals surface area contributed by atoms with Gasteiger partial charge in [-0.05, 0) is 38.9 Å². The summed E-state index contributed by atoms with van der Waals surface area (Å²) in [5, 5.41) is 8.58. The molecule has 3 aromatic rings. The number of amides is 1. The van der Waals surface area contributed by atoms with Crippen LogP contribution in [-0.2, 0) is 4.74 Å². The number of aromatic nitrogens is 3. The molecule has 1 fully saturated rings. The summed E-state index contributed by atoms with van der Waals surface area (Å²) >= 11 is 0. The van der Waals surface area contributed by atoms with Gasteiger partial charge in [0.25, 0.3) is 5.91 Å². The van der Waals surface area contributed by atoms with Crippen molar-refractivity contribution in [3.05, 3.63) is 47.8 Å². The predicted octanol–water partition coefficient (Wildman–Crippen LogP) is 2.94. The lowest BCUT2D eigenvalue weighted by molar-refractivity contribution is 0.0229. The Morgan fingerprint density at radius 2 is 2.12 bits per heavy atom. The predicted molar refractivity (Wildman–Crippen MR) is 122 cm³/mol. The fourth-order valence-corrected chi connectivity index (χ4v) is 3.66. The molecule has 1 aliphatic heterocycles. The van der Waals surface area contributed by atoms with Crippen molar-refractivity contribution >= 4 is 17.4 Å². The maximum atomic E-state index is 14.7. The Morgan fingerprint density at radius 1 is 1.32 bits per heavy atom. The third-order valence-corrected chi connectivity index (χ3v) is 5.89. The van der Waals surface area contributed by atoms with E-state index in [0.29, 0.717) is 43.3 Å². The summed E-state index contributed by atoms with van der Waals surface area (Å²) in [7, 11) is 1.57. The van der Waals surface area contributed by atoms with Gasteiger partial charge in [-0.1, -0.05) is 0 Å². The van der Waals surface area contributed by atoms with Gasteiger partial charge in [0.05, 0.1) is 23.5 Å². The van der Waals surface area contributed by atoms with E-state index in [1.165, 1.54) is 6.20 Å². The van der Waals surface area contributed by atoms with Gasteiger partial charge in [0.1, 0.15) is 17.5 Å². The van der Waals surface area contributed by atoms with E-state index in [9.17, 15) is 18.0 Å². The second-order valence-electron chi connectivity index (χ2n) is 8.84. The summed E-state index contributed by atoms with van der Waals surface area (Å²) in [6.45, 7) is 4.85. The maximum absolute atomic E-state index is 14.7. The minimum Gasteiger partial charge on any atom is -0.377 e. The van der Waals surface area contributed by atoms with Crippen LogP contribution >= 0.6 is 0 Å². The van der Waals surface area contributed by atoms with Gasteiger partial charge in [-0.3, -0.25) is 9.20 Å². The van der Waals surface area contributed by atoms with Crippen molar-refractivity contribution in [2.75, 3.05) is 32.1 Å². The van der Waals surface area contributed by atoms with E-state index in [0.717, 1.165) is 0 Å². The van der Waals surface area contributed by atoms with E-state index in [4.69, 9.17) is 4.74 Å². The van der Waals surface area contributed by atoms with Crippen molar-refractivity contribution < 1.29 is 22.7 Å². The van der Waals surface area contributed by atoms with E-state index in [2.05, 4.69) is 25.9 Å². The summed E-state index contributed by atoms with van der Waals surface area (Å²) < 4.78 is 50.1. The number of rotatable bonds is 7. The van der Waals surface area contributed by atoms with Gasteiger partial charge in [0.15, 0.2) is 17.5 Å². The van der Waals surface area contributed by atoms with Crippen LogP contribution in [0.1, 0.15) is 30.6 Å². The number of piperidine rings is 1. The lowest BCUT2D eigenvalue weighted by Gasteiger charge is -2.28. The third kappa shape index (κ3) is 5.00. The average molecular weight is 477 g/mol. The summed E-state index contributed by atoms with van der Waals surface area (Å²) in [5.74, 6) is -2.34. The Morgan fingerprint density at radius 3 is 2.85 bits per heavy atom. The van der Waals surface area contributed by atoms with Gasteiger partial charge < -0.3 is 20.7 Å². The molecule has 34 heavy (non-hydrogen) atoms. The van der Waals surface area contributed by atoms with Crippen LogP contribution in [0, 0.1) is 11.6 Å². The first-order valence-corrected chi connectivity index (χ1v) is 11.0. The summed E-state index contributed by atoms with van der Waals surface area (Å²) in [5.41, 5.74) is 0.351. The van der Waals surface area contributed by atoms with E-state index in [1.54, 1.807) is 29.8 Å². The number of pyridine rings is 2. The van der Waals surface area contributed by atoms with Gasteiger partial charge in [-0.2, -0.15) is 0 Å². The highest BCUT2D eigenvalue weighted by Crippen LogP contribution is 2.27. The minimum atomic E-state index is -1.18. The first kappa shape index (κ1) is 24.0. The van der Waals surface area contributed by atoms with E-state index < -0.39 is 29.4 Å². The van der Waals surface area contributed by atoms with Crippen molar-refractivity contribution in [2.45, 2.75) is 38.1 Å². The molecule has 8 nitrogen and oxygen atoms in total. The summed E-state index contributed by atoms with van der Waals surface area (Å²) in [6, 6.07) is 3.16. The van der Waals surface area contributed by atoms with Gasteiger partial charge >= 0.3 is 0 Å². The highest BCUT2D eigenvalue weighted by Gasteiger charge is 2.27. The second kappa shape index (κ2) is 9.59. The Labute approximate surface area is 194 Å². The molecule has 3 aromatic heterocycles. The number of hydrogen-bond acceptors (Lipinski definition) is 6. The fourth-order valence-electron chi connectivity index (χ4n) is 3.66. The molecule has 1 saturated heterocycles. The van der Waals surface area contributed by atoms with Crippen molar-refractivity contribution in [3.8, 4) is 11.4 Å². The van der Waals surface area contributed by atoms with Crippen molar-refractivity contribution in [1.29, 1.82) is 0 Å². The number of anilines is 1. The van der Waals surface area contributed by atoms with Crippen molar-refractivity contribution in [2.24, 2.45) is 0 Å². The van der Waals surface area contributed by atoms with Crippen LogP contribution in [0.15, 0.2) is 30.6 Å². The molecule has 0 saturated carbocycles. The maximum Gasteiger partial charge on any atom is 0.251 e. The van der Waals surface area contributed by atoms with Gasteiger partial charge in [-0.15, -0.1) is 0 Å². The molecule has 1 amide bonds. The highest BCUT2D eigenvalue weighted by atomic mass is 19.1. The molecule has 0 spiro atoms. The van der Waals surface area contributed by atoms with Crippen molar-refractivity contribution in [1.82, 2.24) is 25.0 Å². The molecule has 0 radical (unpaired) electrons. The lowest BCUT2D eigenvalue weighted by atomic mass is 10.1. The summed E-state index contributed by atoms with van der Waals surface area (Å²) in [4.78, 5) is 20.9. The molecular formula is C23H27F3N6O2. The van der Waals surface area contributed by atoms with E-state index in [1.807, 2.05) is 13.8 Å². The molecule has 0 bridgehead atoms. The zero-order chi connectivity index (χ0) is 24.5. The number of nitrogens with one attached hydrogen (secondary N) is 3. The topological polar surface area (TPSA) is 92.6 Å². The van der Waals surface area contributed by atoms with Gasteiger partial charge in [0.2, 0.25) is 0 Å². The molecule has 0 aromatic carbocycles. The van der Waals surface area contributed by atoms with Gasteiger partial charge in [0, 0.05) is 38.0 Å². The number of halogens is 3. The van der Waals surface area contributed by atoms with Crippen LogP contribution in [-0.4, -0.2) is 64.8 Å². The van der Waals surface area contributed by atoms with Crippen LogP contribution in [0.2, 0.25) is 0 Å². The first-order chi connectivity index (χ1) is 16.2. The number of alkyl halides is 1. The van der Waals surface area contributed by atoms with Crippen LogP contribution < -0.4 is 16.0 Å². The Balaban J connectivity index is 1.60. The molecule has 2 atom stereocenters. The summed E-state index contributed by atoms with van der Waals surface area (Å²) in [6.07, 6.45) is 2.07. The first-order valence-electron chi connectivity index (χ1n) is 11.0. The molecule has 3 N–H and O–H groups in total. The molecule has 182 valence electrons. The zero-order valence-electron chi connectivity index (χ0n) is 19.2. The quantitative estimate of drug-likeness (QED) is 0.486. The van der Waals surface area contributed by atoms with E-state index in [-0.39, 0.29) is 23.1 Å². The molecular weight excluding hydrogens is 449 g/mol. The standard InChI is InChI=1S/C23H27F3N6O2/c1-23(2,34-3)12-29-22(33)13-5-7-32-18(11-28-19(32)8-13)20-15(25)9-16(26)21(31-20)30-17-10-27-6-4-14(17)24/h5,7-9,11,14,17,27H,4,6,10,12H2,1-3H3,(H,29,33)(H,30,31)/t14-,17-/m1/s1. The third-order valence-electron chi connectivity index (χ3n) is 5.89. The lowest BCUT2D eigenvalue weighted by Crippen LogP contribution is -2.46. The number of nitrogens with zero attached hydrogens (tertiary/aromatic N) is 3. The molecule has 0 unspecified atom stereocenters. The number of carbonyl (C=O) groups is 1. The second-order valence-corrected chi connectivity index (χ2v) is 8.84. The minimum absolute atomic E-state index is 0.144. The number of ether oxygens (including phenoxy) is 1.